The van der Waals surface area contributed by atoms with Crippen molar-refractivity contribution in [1.29, 1.82) is 0 Å². The number of hydrogen-bond acceptors (Lipinski definition) is 7. The zero-order valence-electron chi connectivity index (χ0n) is 17.3. The van der Waals surface area contributed by atoms with E-state index in [0.29, 0.717) is 10.7 Å². The summed E-state index contributed by atoms with van der Waals surface area (Å²) in [5.41, 5.74) is 0.478. The molecular weight excluding hydrogens is 446 g/mol. The normalized spacial score (nSPS) is 17.8. The van der Waals surface area contributed by atoms with E-state index in [2.05, 4.69) is 15.5 Å². The molecule has 0 spiro atoms. The Kier molecular flexibility index (Phi) is 6.57. The van der Waals surface area contributed by atoms with E-state index in [0.717, 1.165) is 23.6 Å². The van der Waals surface area contributed by atoms with Crippen molar-refractivity contribution in [3.8, 4) is 5.75 Å². The number of fused-ring (bicyclic) bond motifs is 1. The highest BCUT2D eigenvalue weighted by atomic mass is 32.2. The Morgan fingerprint density at radius 2 is 1.81 bits per heavy atom. The lowest BCUT2D eigenvalue weighted by atomic mass is 10.0. The quantitative estimate of drug-likeness (QED) is 0.317. The van der Waals surface area contributed by atoms with Crippen LogP contribution in [0, 0.1) is 0 Å². The Morgan fingerprint density at radius 1 is 1.06 bits per heavy atom. The van der Waals surface area contributed by atoms with Gasteiger partial charge in [-0.05, 0) is 35.4 Å². The fraction of sp³-hybridized carbons (Fsp3) is 0.174. The number of thioether (sulfide) groups is 1. The number of benzene rings is 3. The topological polar surface area (TPSA) is 97.2 Å². The predicted molar refractivity (Wildman–Crippen MR) is 128 cm³/mol. The minimum Gasteiger partial charge on any atom is -0.378 e. The number of hydrogen-bond donors (Lipinski definition) is 1. The standard InChI is InChI=1S/C23H21N3O4S2/c1-2-8-21-22(27)25-23(31-21)26-24-15-19-18-12-7-6-9-16(18)13-14-20(19)30-32(28,29)17-10-4-3-5-11-17/h3-7,9-15,21H,2,8H2,1H3,(H,25,26,27). The first-order chi connectivity index (χ1) is 15.5. The van der Waals surface area contributed by atoms with Gasteiger partial charge in [0.1, 0.15) is 4.90 Å². The van der Waals surface area contributed by atoms with Crippen LogP contribution in [0.15, 0.2) is 81.8 Å². The van der Waals surface area contributed by atoms with Crippen LogP contribution in [-0.2, 0) is 14.9 Å². The van der Waals surface area contributed by atoms with E-state index in [1.165, 1.54) is 30.1 Å². The summed E-state index contributed by atoms with van der Waals surface area (Å²) >= 11 is 1.34. The third-order valence-corrected chi connectivity index (χ3v) is 7.21. The Morgan fingerprint density at radius 3 is 2.59 bits per heavy atom. The van der Waals surface area contributed by atoms with Crippen molar-refractivity contribution in [2.45, 2.75) is 29.9 Å². The molecule has 9 heteroatoms. The molecule has 0 radical (unpaired) electrons. The first kappa shape index (κ1) is 22.0. The Bertz CT molecular complexity index is 1310. The van der Waals surface area contributed by atoms with Crippen LogP contribution in [0.3, 0.4) is 0 Å². The van der Waals surface area contributed by atoms with E-state index < -0.39 is 10.1 Å². The molecule has 0 aliphatic carbocycles. The van der Waals surface area contributed by atoms with Gasteiger partial charge >= 0.3 is 10.1 Å². The largest absolute Gasteiger partial charge is 0.378 e. The van der Waals surface area contributed by atoms with E-state index in [4.69, 9.17) is 4.18 Å². The van der Waals surface area contributed by atoms with Crippen LogP contribution < -0.4 is 9.50 Å². The van der Waals surface area contributed by atoms with Gasteiger partial charge in [-0.25, -0.2) is 0 Å². The number of nitrogens with one attached hydrogen (secondary N) is 1. The molecule has 1 aliphatic rings. The highest BCUT2D eigenvalue weighted by Crippen LogP contribution is 2.29. The molecule has 1 atom stereocenters. The van der Waals surface area contributed by atoms with Crippen molar-refractivity contribution in [1.82, 2.24) is 5.32 Å². The lowest BCUT2D eigenvalue weighted by Crippen LogP contribution is -2.24. The Hall–Kier alpha value is -3.17. The van der Waals surface area contributed by atoms with Crippen LogP contribution in [0.5, 0.6) is 5.75 Å². The second-order valence-corrected chi connectivity index (χ2v) is 9.82. The highest BCUT2D eigenvalue weighted by molar-refractivity contribution is 8.15. The number of carbonyl (C=O) groups excluding carboxylic acids is 1. The first-order valence-electron chi connectivity index (χ1n) is 10.1. The summed E-state index contributed by atoms with van der Waals surface area (Å²) in [5, 5.41) is 12.9. The molecule has 164 valence electrons. The van der Waals surface area contributed by atoms with Crippen LogP contribution in [0.25, 0.3) is 10.8 Å². The van der Waals surface area contributed by atoms with Gasteiger partial charge in [-0.1, -0.05) is 73.6 Å². The second kappa shape index (κ2) is 9.54. The summed E-state index contributed by atoms with van der Waals surface area (Å²) in [6.07, 6.45) is 3.11. The van der Waals surface area contributed by atoms with Gasteiger partial charge in [0.2, 0.25) is 5.91 Å². The zero-order chi connectivity index (χ0) is 22.6. The van der Waals surface area contributed by atoms with Crippen molar-refractivity contribution < 1.29 is 17.4 Å². The fourth-order valence-electron chi connectivity index (χ4n) is 3.28. The van der Waals surface area contributed by atoms with Gasteiger partial charge < -0.3 is 9.50 Å². The molecule has 1 N–H and O–H groups in total. The van der Waals surface area contributed by atoms with E-state index in [9.17, 15) is 13.2 Å². The molecule has 0 saturated carbocycles. The average molecular weight is 468 g/mol. The minimum absolute atomic E-state index is 0.0586. The Labute approximate surface area is 190 Å². The van der Waals surface area contributed by atoms with E-state index in [1.807, 2.05) is 31.2 Å². The smallest absolute Gasteiger partial charge is 0.339 e. The van der Waals surface area contributed by atoms with E-state index in [1.54, 1.807) is 30.3 Å². The third-order valence-electron chi connectivity index (χ3n) is 4.82. The summed E-state index contributed by atoms with van der Waals surface area (Å²) in [7, 11) is -4.02. The molecule has 3 aromatic rings. The van der Waals surface area contributed by atoms with Gasteiger partial charge in [-0.2, -0.15) is 13.5 Å². The number of amides is 1. The molecule has 3 aromatic carbocycles. The van der Waals surface area contributed by atoms with Gasteiger partial charge in [0.05, 0.1) is 11.5 Å². The van der Waals surface area contributed by atoms with Crippen molar-refractivity contribution >= 4 is 49.9 Å². The van der Waals surface area contributed by atoms with Gasteiger partial charge in [0.25, 0.3) is 0 Å². The van der Waals surface area contributed by atoms with Crippen LogP contribution in [0.4, 0.5) is 0 Å². The number of amidine groups is 1. The lowest BCUT2D eigenvalue weighted by molar-refractivity contribution is -0.118. The first-order valence-corrected chi connectivity index (χ1v) is 12.4. The minimum atomic E-state index is -4.02. The van der Waals surface area contributed by atoms with Gasteiger partial charge in [0, 0.05) is 5.56 Å². The number of rotatable bonds is 7. The summed E-state index contributed by atoms with van der Waals surface area (Å²) in [5.74, 6) is 0.0670. The van der Waals surface area contributed by atoms with Crippen LogP contribution >= 0.6 is 11.8 Å². The van der Waals surface area contributed by atoms with Crippen LogP contribution in [-0.4, -0.2) is 31.0 Å². The number of carbonyl (C=O) groups is 1. The summed E-state index contributed by atoms with van der Waals surface area (Å²) in [6, 6.07) is 18.8. The lowest BCUT2D eigenvalue weighted by Gasteiger charge is -2.11. The summed E-state index contributed by atoms with van der Waals surface area (Å²) in [4.78, 5) is 12.0. The average Bonchev–Trinajstić information content (AvgIpc) is 3.15. The number of nitrogens with zero attached hydrogens (tertiary/aromatic N) is 2. The molecule has 1 unspecified atom stereocenters. The van der Waals surface area contributed by atoms with Gasteiger partial charge in [-0.15, -0.1) is 5.10 Å². The molecule has 1 aliphatic heterocycles. The molecule has 32 heavy (non-hydrogen) atoms. The maximum absolute atomic E-state index is 12.8. The van der Waals surface area contributed by atoms with E-state index >= 15 is 0 Å². The van der Waals surface area contributed by atoms with E-state index in [-0.39, 0.29) is 21.8 Å². The van der Waals surface area contributed by atoms with Crippen LogP contribution in [0.1, 0.15) is 25.3 Å². The maximum Gasteiger partial charge on any atom is 0.339 e. The zero-order valence-corrected chi connectivity index (χ0v) is 18.9. The molecule has 1 saturated heterocycles. The van der Waals surface area contributed by atoms with Crippen molar-refractivity contribution in [3.63, 3.8) is 0 Å². The highest BCUT2D eigenvalue weighted by Gasteiger charge is 2.29. The SMILES string of the molecule is CCCC1S/C(=N/N=Cc2c(OS(=O)(=O)c3ccccc3)ccc3ccccc23)NC1=O. The van der Waals surface area contributed by atoms with Crippen LogP contribution in [0.2, 0.25) is 0 Å². The summed E-state index contributed by atoms with van der Waals surface area (Å²) < 4.78 is 31.0. The molecule has 1 heterocycles. The van der Waals surface area contributed by atoms with Gasteiger partial charge in [0.15, 0.2) is 10.9 Å². The monoisotopic (exact) mass is 467 g/mol. The molecular formula is C23H21N3O4S2. The fourth-order valence-corrected chi connectivity index (χ4v) is 5.29. The second-order valence-electron chi connectivity index (χ2n) is 7.08. The molecule has 4 rings (SSSR count). The third kappa shape index (κ3) is 4.84. The summed E-state index contributed by atoms with van der Waals surface area (Å²) in [6.45, 7) is 2.02. The maximum atomic E-state index is 12.8. The van der Waals surface area contributed by atoms with Crippen molar-refractivity contribution in [2.75, 3.05) is 0 Å². The Balaban J connectivity index is 1.68. The van der Waals surface area contributed by atoms with Crippen molar-refractivity contribution in [3.05, 3.63) is 72.3 Å². The van der Waals surface area contributed by atoms with Crippen molar-refractivity contribution in [2.24, 2.45) is 10.2 Å². The molecule has 7 nitrogen and oxygen atoms in total. The van der Waals surface area contributed by atoms with Gasteiger partial charge in [-0.3, -0.25) is 4.79 Å². The molecule has 0 aromatic heterocycles. The molecule has 1 amide bonds. The predicted octanol–water partition coefficient (Wildman–Crippen LogP) is 4.33. The molecule has 0 bridgehead atoms. The molecule has 1 fully saturated rings.